The monoisotopic (exact) mass is 346 g/mol. The van der Waals surface area contributed by atoms with Gasteiger partial charge in [0.1, 0.15) is 5.75 Å². The summed E-state index contributed by atoms with van der Waals surface area (Å²) in [6, 6.07) is 11.4. The summed E-state index contributed by atoms with van der Waals surface area (Å²) in [6.45, 7) is 5.95. The predicted octanol–water partition coefficient (Wildman–Crippen LogP) is 4.44. The van der Waals surface area contributed by atoms with Gasteiger partial charge in [-0.3, -0.25) is 9.59 Å². The number of ketones is 2. The zero-order valence-corrected chi connectivity index (χ0v) is 15.3. The first-order chi connectivity index (χ1) is 12.3. The summed E-state index contributed by atoms with van der Waals surface area (Å²) in [4.78, 5) is 22.5. The molecule has 0 aromatic heterocycles. The number of phenols is 1. The van der Waals surface area contributed by atoms with Gasteiger partial charge in [-0.2, -0.15) is 0 Å². The molecule has 3 nitrogen and oxygen atoms in total. The van der Waals surface area contributed by atoms with Crippen LogP contribution in [0.25, 0.3) is 11.1 Å². The second-order valence-corrected chi connectivity index (χ2v) is 6.94. The van der Waals surface area contributed by atoms with Gasteiger partial charge in [0.2, 0.25) is 0 Å². The Bertz CT molecular complexity index is 882. The molecule has 3 heteroatoms. The van der Waals surface area contributed by atoms with E-state index in [1.807, 2.05) is 19.9 Å². The molecule has 0 atom stereocenters. The van der Waals surface area contributed by atoms with Gasteiger partial charge in [0.05, 0.1) is 0 Å². The lowest BCUT2D eigenvalue weighted by molar-refractivity contribution is -0.114. The van der Waals surface area contributed by atoms with Crippen LogP contribution in [0.15, 0.2) is 48.6 Å². The minimum Gasteiger partial charge on any atom is -0.508 e. The van der Waals surface area contributed by atoms with Gasteiger partial charge in [0, 0.05) is 12.8 Å². The van der Waals surface area contributed by atoms with Crippen LogP contribution in [-0.4, -0.2) is 16.7 Å². The van der Waals surface area contributed by atoms with Crippen LogP contribution in [0.3, 0.4) is 0 Å². The van der Waals surface area contributed by atoms with Crippen LogP contribution in [0, 0.1) is 6.92 Å². The van der Waals surface area contributed by atoms with E-state index in [0.29, 0.717) is 12.8 Å². The Morgan fingerprint density at radius 2 is 1.23 bits per heavy atom. The highest BCUT2D eigenvalue weighted by atomic mass is 16.3. The highest BCUT2D eigenvalue weighted by molar-refractivity contribution is 6.02. The van der Waals surface area contributed by atoms with Crippen LogP contribution < -0.4 is 0 Å². The van der Waals surface area contributed by atoms with Crippen LogP contribution >= 0.6 is 0 Å². The van der Waals surface area contributed by atoms with E-state index >= 15 is 0 Å². The second-order valence-electron chi connectivity index (χ2n) is 6.94. The van der Waals surface area contributed by atoms with Gasteiger partial charge in [-0.1, -0.05) is 29.8 Å². The van der Waals surface area contributed by atoms with Crippen LogP contribution in [-0.2, 0) is 22.4 Å². The Hall–Kier alpha value is -2.94. The minimum atomic E-state index is 0.107. The molecule has 2 aliphatic carbocycles. The van der Waals surface area contributed by atoms with E-state index in [2.05, 4.69) is 25.1 Å². The van der Waals surface area contributed by atoms with E-state index in [4.69, 9.17) is 0 Å². The number of fused-ring (bicyclic) bond motifs is 2. The molecular weight excluding hydrogens is 324 g/mol. The smallest absolute Gasteiger partial charge is 0.160 e. The number of aromatic hydroxyl groups is 1. The number of carbonyl (C=O) groups is 2. The number of rotatable bonds is 0. The van der Waals surface area contributed by atoms with Crippen molar-refractivity contribution >= 4 is 22.7 Å². The topological polar surface area (TPSA) is 54.4 Å². The third-order valence-electron chi connectivity index (χ3n) is 4.68. The van der Waals surface area contributed by atoms with Crippen molar-refractivity contribution in [1.82, 2.24) is 0 Å². The van der Waals surface area contributed by atoms with Crippen LogP contribution in [0.4, 0.5) is 0 Å². The molecule has 0 unspecified atom stereocenters. The number of phenolic OH excluding ortho intramolecular Hbond substituents is 1. The van der Waals surface area contributed by atoms with Gasteiger partial charge in [-0.05, 0) is 78.5 Å². The molecule has 0 fully saturated rings. The fourth-order valence-electron chi connectivity index (χ4n) is 3.48. The first kappa shape index (κ1) is 17.9. The second kappa shape index (κ2) is 7.12. The van der Waals surface area contributed by atoms with Crippen molar-refractivity contribution in [3.8, 4) is 5.75 Å². The highest BCUT2D eigenvalue weighted by Crippen LogP contribution is 2.27. The van der Waals surface area contributed by atoms with Crippen molar-refractivity contribution in [2.24, 2.45) is 0 Å². The van der Waals surface area contributed by atoms with Gasteiger partial charge in [0.15, 0.2) is 11.6 Å². The Labute approximate surface area is 153 Å². The SMILES string of the molecule is CC1=CC(=O)Cc2cc(C)ccc21.CC1=CC(=O)Cc2cc(O)ccc21. The molecule has 2 aromatic carbocycles. The molecule has 0 saturated carbocycles. The maximum atomic E-state index is 11.3. The molecule has 1 N–H and O–H groups in total. The summed E-state index contributed by atoms with van der Waals surface area (Å²) in [5.74, 6) is 0.549. The molecule has 0 bridgehead atoms. The summed E-state index contributed by atoms with van der Waals surface area (Å²) in [5.41, 5.74) is 7.68. The maximum Gasteiger partial charge on any atom is 0.160 e. The number of benzene rings is 2. The average Bonchev–Trinajstić information content (AvgIpc) is 2.54. The molecule has 0 spiro atoms. The predicted molar refractivity (Wildman–Crippen MR) is 104 cm³/mol. The third kappa shape index (κ3) is 3.83. The van der Waals surface area contributed by atoms with Crippen molar-refractivity contribution in [1.29, 1.82) is 0 Å². The summed E-state index contributed by atoms with van der Waals surface area (Å²) in [6.07, 6.45) is 4.35. The largest absolute Gasteiger partial charge is 0.508 e. The summed E-state index contributed by atoms with van der Waals surface area (Å²) < 4.78 is 0. The number of allylic oxidation sites excluding steroid dienone is 4. The Morgan fingerprint density at radius 3 is 1.81 bits per heavy atom. The maximum absolute atomic E-state index is 11.3. The average molecular weight is 346 g/mol. The third-order valence-corrected chi connectivity index (χ3v) is 4.68. The van der Waals surface area contributed by atoms with Gasteiger partial charge in [-0.15, -0.1) is 0 Å². The zero-order valence-electron chi connectivity index (χ0n) is 15.3. The van der Waals surface area contributed by atoms with Crippen molar-refractivity contribution in [2.45, 2.75) is 33.6 Å². The normalized spacial score (nSPS) is 15.2. The molecular formula is C23H22O3. The van der Waals surface area contributed by atoms with Gasteiger partial charge < -0.3 is 5.11 Å². The Kier molecular flexibility index (Phi) is 4.90. The fourth-order valence-corrected chi connectivity index (χ4v) is 3.48. The molecule has 0 radical (unpaired) electrons. The lowest BCUT2D eigenvalue weighted by atomic mass is 9.90. The quantitative estimate of drug-likeness (QED) is 0.767. The molecule has 0 amide bonds. The fraction of sp³-hybridized carbons (Fsp3) is 0.217. The minimum absolute atomic E-state index is 0.107. The van der Waals surface area contributed by atoms with Crippen molar-refractivity contribution in [3.63, 3.8) is 0 Å². The van der Waals surface area contributed by atoms with E-state index in [9.17, 15) is 14.7 Å². The summed E-state index contributed by atoms with van der Waals surface area (Å²) in [5, 5.41) is 9.23. The molecule has 0 heterocycles. The summed E-state index contributed by atoms with van der Waals surface area (Å²) in [7, 11) is 0. The van der Waals surface area contributed by atoms with Crippen molar-refractivity contribution in [2.75, 3.05) is 0 Å². The molecule has 2 aromatic rings. The Morgan fingerprint density at radius 1 is 0.731 bits per heavy atom. The summed E-state index contributed by atoms with van der Waals surface area (Å²) >= 11 is 0. The van der Waals surface area contributed by atoms with Crippen molar-refractivity contribution < 1.29 is 14.7 Å². The Balaban J connectivity index is 0.000000151. The lowest BCUT2D eigenvalue weighted by Crippen LogP contribution is -2.08. The van der Waals surface area contributed by atoms with E-state index in [1.165, 1.54) is 16.7 Å². The van der Waals surface area contributed by atoms with Crippen molar-refractivity contribution in [3.05, 3.63) is 76.4 Å². The molecule has 0 saturated heterocycles. The lowest BCUT2D eigenvalue weighted by Gasteiger charge is -2.14. The number of aryl methyl sites for hydroxylation is 1. The first-order valence-corrected chi connectivity index (χ1v) is 8.68. The first-order valence-electron chi connectivity index (χ1n) is 8.68. The van der Waals surface area contributed by atoms with E-state index in [-0.39, 0.29) is 17.3 Å². The van der Waals surface area contributed by atoms with Gasteiger partial charge in [-0.25, -0.2) is 0 Å². The number of hydrogen-bond acceptors (Lipinski definition) is 3. The van der Waals surface area contributed by atoms with Gasteiger partial charge in [0.25, 0.3) is 0 Å². The van der Waals surface area contributed by atoms with Gasteiger partial charge >= 0.3 is 0 Å². The molecule has 0 aliphatic heterocycles. The van der Waals surface area contributed by atoms with Crippen LogP contribution in [0.1, 0.15) is 41.7 Å². The molecule has 4 rings (SSSR count). The molecule has 2 aliphatic rings. The molecule has 132 valence electrons. The standard InChI is InChI=1S/C12H12O.C11H10O2/c1-8-3-4-12-9(2)6-11(13)7-10(12)5-8;1-7-4-10(13)6-8-5-9(12)2-3-11(7)8/h3-6H,7H2,1-2H3;2-5,12H,6H2,1H3. The van der Waals surface area contributed by atoms with E-state index in [1.54, 1.807) is 24.3 Å². The van der Waals surface area contributed by atoms with E-state index in [0.717, 1.165) is 22.3 Å². The van der Waals surface area contributed by atoms with Crippen LogP contribution in [0.2, 0.25) is 0 Å². The number of carbonyl (C=O) groups excluding carboxylic acids is 2. The zero-order chi connectivity index (χ0) is 18.8. The highest BCUT2D eigenvalue weighted by Gasteiger charge is 2.15. The van der Waals surface area contributed by atoms with E-state index < -0.39 is 0 Å². The van der Waals surface area contributed by atoms with Crippen LogP contribution in [0.5, 0.6) is 5.75 Å². The number of hydrogen-bond donors (Lipinski definition) is 1. The molecule has 26 heavy (non-hydrogen) atoms.